The van der Waals surface area contributed by atoms with Crippen molar-refractivity contribution in [2.45, 2.75) is 30.4 Å². The molecule has 2 fully saturated rings. The van der Waals surface area contributed by atoms with Crippen LogP contribution in [0.3, 0.4) is 0 Å². The number of hydrogen-bond acceptors (Lipinski definition) is 6. The zero-order valence-corrected chi connectivity index (χ0v) is 13.5. The topological polar surface area (TPSA) is 107 Å². The zero-order chi connectivity index (χ0) is 16.9. The van der Waals surface area contributed by atoms with E-state index in [0.29, 0.717) is 23.7 Å². The summed E-state index contributed by atoms with van der Waals surface area (Å²) >= 11 is 0. The van der Waals surface area contributed by atoms with E-state index in [0.717, 1.165) is 19.3 Å². The standard InChI is InChI=1S/C15H15N3O5S/c19-18(20)12-5-2-11(3-6-12)14-8-15(23-16-14)24(21,22)17-9-10-1-4-13(17)7-10/h2-3,5-6,8,10,13H,1,4,7,9H2. The van der Waals surface area contributed by atoms with Crippen molar-refractivity contribution in [1.29, 1.82) is 0 Å². The molecule has 1 saturated carbocycles. The lowest BCUT2D eigenvalue weighted by Gasteiger charge is -2.24. The second-order valence-electron chi connectivity index (χ2n) is 6.24. The quantitative estimate of drug-likeness (QED) is 0.620. The molecule has 9 heteroatoms. The van der Waals surface area contributed by atoms with Crippen molar-refractivity contribution in [3.63, 3.8) is 0 Å². The third-order valence-electron chi connectivity index (χ3n) is 4.78. The van der Waals surface area contributed by atoms with Crippen LogP contribution in [0.5, 0.6) is 0 Å². The molecule has 1 aromatic heterocycles. The average Bonchev–Trinajstić information content (AvgIpc) is 3.31. The summed E-state index contributed by atoms with van der Waals surface area (Å²) in [6, 6.07) is 7.17. The zero-order valence-electron chi connectivity index (χ0n) is 12.7. The lowest BCUT2D eigenvalue weighted by atomic mass is 10.1. The highest BCUT2D eigenvalue weighted by Crippen LogP contribution is 2.40. The summed E-state index contributed by atoms with van der Waals surface area (Å²) in [5.41, 5.74) is 0.866. The van der Waals surface area contributed by atoms with Gasteiger partial charge in [0.2, 0.25) is 0 Å². The van der Waals surface area contributed by atoms with E-state index < -0.39 is 14.9 Å². The van der Waals surface area contributed by atoms with Gasteiger partial charge in [-0.05, 0) is 37.3 Å². The number of benzene rings is 1. The first kappa shape index (κ1) is 15.3. The molecule has 4 rings (SSSR count). The van der Waals surface area contributed by atoms with Crippen molar-refractivity contribution < 1.29 is 17.9 Å². The molecule has 8 nitrogen and oxygen atoms in total. The van der Waals surface area contributed by atoms with E-state index in [1.165, 1.54) is 34.6 Å². The van der Waals surface area contributed by atoms with Gasteiger partial charge < -0.3 is 4.52 Å². The summed E-state index contributed by atoms with van der Waals surface area (Å²) in [4.78, 5) is 10.2. The molecule has 2 heterocycles. The number of piperidine rings is 1. The van der Waals surface area contributed by atoms with E-state index in [9.17, 15) is 18.5 Å². The fourth-order valence-corrected chi connectivity index (χ4v) is 5.17. The van der Waals surface area contributed by atoms with Crippen molar-refractivity contribution in [3.05, 3.63) is 40.4 Å². The Morgan fingerprint density at radius 1 is 1.25 bits per heavy atom. The first-order chi connectivity index (χ1) is 11.4. The van der Waals surface area contributed by atoms with Crippen molar-refractivity contribution in [2.75, 3.05) is 6.54 Å². The Bertz CT molecular complexity index is 890. The predicted octanol–water partition coefficient (Wildman–Crippen LogP) is 2.42. The van der Waals surface area contributed by atoms with Gasteiger partial charge in [-0.25, -0.2) is 8.42 Å². The van der Waals surface area contributed by atoms with Crippen LogP contribution in [0.2, 0.25) is 0 Å². The average molecular weight is 349 g/mol. The number of non-ortho nitro benzene ring substituents is 1. The number of rotatable bonds is 4. The van der Waals surface area contributed by atoms with Crippen molar-refractivity contribution in [3.8, 4) is 11.3 Å². The first-order valence-electron chi connectivity index (χ1n) is 7.68. The summed E-state index contributed by atoms with van der Waals surface area (Å²) in [7, 11) is -3.68. The van der Waals surface area contributed by atoms with E-state index in [1.54, 1.807) is 0 Å². The highest BCUT2D eigenvalue weighted by Gasteiger charge is 2.45. The Kier molecular flexibility index (Phi) is 3.43. The molecule has 0 radical (unpaired) electrons. The smallest absolute Gasteiger partial charge is 0.279 e. The first-order valence-corrected chi connectivity index (χ1v) is 9.12. The van der Waals surface area contributed by atoms with Crippen LogP contribution in [-0.4, -0.2) is 35.4 Å². The third-order valence-corrected chi connectivity index (χ3v) is 6.55. The second-order valence-corrected chi connectivity index (χ2v) is 8.06. The molecule has 2 aromatic rings. The molecule has 2 atom stereocenters. The number of fused-ring (bicyclic) bond motifs is 2. The lowest BCUT2D eigenvalue weighted by molar-refractivity contribution is -0.384. The minimum absolute atomic E-state index is 0.0387. The number of nitrogens with zero attached hydrogens (tertiary/aromatic N) is 3. The summed E-state index contributed by atoms with van der Waals surface area (Å²) in [5.74, 6) is 0.446. The summed E-state index contributed by atoms with van der Waals surface area (Å²) in [6.45, 7) is 0.542. The Labute approximate surface area is 138 Å². The van der Waals surface area contributed by atoms with Crippen LogP contribution in [0.4, 0.5) is 5.69 Å². The normalized spacial score (nSPS) is 23.7. The molecular weight excluding hydrogens is 334 g/mol. The van der Waals surface area contributed by atoms with Gasteiger partial charge in [0.25, 0.3) is 20.8 Å². The maximum absolute atomic E-state index is 12.7. The molecule has 1 aliphatic heterocycles. The van der Waals surface area contributed by atoms with Gasteiger partial charge in [-0.2, -0.15) is 4.31 Å². The van der Waals surface area contributed by atoms with Crippen LogP contribution in [0.15, 0.2) is 39.9 Å². The van der Waals surface area contributed by atoms with Gasteiger partial charge in [-0.15, -0.1) is 0 Å². The molecule has 126 valence electrons. The van der Waals surface area contributed by atoms with Crippen LogP contribution >= 0.6 is 0 Å². The van der Waals surface area contributed by atoms with Gasteiger partial charge in [0.15, 0.2) is 0 Å². The second kappa shape index (κ2) is 5.38. The number of sulfonamides is 1. The van der Waals surface area contributed by atoms with E-state index >= 15 is 0 Å². The van der Waals surface area contributed by atoms with Crippen LogP contribution in [0.1, 0.15) is 19.3 Å². The molecule has 24 heavy (non-hydrogen) atoms. The lowest BCUT2D eigenvalue weighted by Crippen LogP contribution is -2.37. The fourth-order valence-electron chi connectivity index (χ4n) is 3.56. The molecule has 1 saturated heterocycles. The Balaban J connectivity index is 1.61. The monoisotopic (exact) mass is 349 g/mol. The number of nitro benzene ring substituents is 1. The minimum Gasteiger partial charge on any atom is -0.343 e. The Morgan fingerprint density at radius 3 is 2.58 bits per heavy atom. The number of hydrogen-bond donors (Lipinski definition) is 0. The molecule has 1 aliphatic carbocycles. The van der Waals surface area contributed by atoms with E-state index in [-0.39, 0.29) is 16.8 Å². The maximum Gasteiger partial charge on any atom is 0.279 e. The van der Waals surface area contributed by atoms with Crippen molar-refractivity contribution >= 4 is 15.7 Å². The molecule has 0 amide bonds. The van der Waals surface area contributed by atoms with Crippen molar-refractivity contribution in [2.24, 2.45) is 5.92 Å². The van der Waals surface area contributed by atoms with Crippen LogP contribution < -0.4 is 0 Å². The molecular formula is C15H15N3O5S. The third kappa shape index (κ3) is 2.40. The highest BCUT2D eigenvalue weighted by atomic mass is 32.2. The van der Waals surface area contributed by atoms with E-state index in [1.807, 2.05) is 0 Å². The Morgan fingerprint density at radius 2 is 2.00 bits per heavy atom. The van der Waals surface area contributed by atoms with E-state index in [4.69, 9.17) is 4.52 Å². The van der Waals surface area contributed by atoms with E-state index in [2.05, 4.69) is 5.16 Å². The predicted molar refractivity (Wildman–Crippen MR) is 83.6 cm³/mol. The maximum atomic E-state index is 12.7. The van der Waals surface area contributed by atoms with Crippen LogP contribution in [0.25, 0.3) is 11.3 Å². The van der Waals surface area contributed by atoms with Crippen LogP contribution in [-0.2, 0) is 10.0 Å². The van der Waals surface area contributed by atoms with Gasteiger partial charge in [-0.1, -0.05) is 5.16 Å². The van der Waals surface area contributed by atoms with Gasteiger partial charge in [0.05, 0.1) is 4.92 Å². The highest BCUT2D eigenvalue weighted by molar-refractivity contribution is 7.89. The molecule has 2 bridgehead atoms. The molecule has 2 unspecified atom stereocenters. The minimum atomic E-state index is -3.68. The van der Waals surface area contributed by atoms with Gasteiger partial charge in [0.1, 0.15) is 5.69 Å². The number of nitro groups is 1. The van der Waals surface area contributed by atoms with Gasteiger partial charge >= 0.3 is 0 Å². The SMILES string of the molecule is O=[N+]([O-])c1ccc(-c2cc(S(=O)(=O)N3CC4CCC3C4)on2)cc1. The van der Waals surface area contributed by atoms with Crippen molar-refractivity contribution in [1.82, 2.24) is 9.46 Å². The largest absolute Gasteiger partial charge is 0.343 e. The van der Waals surface area contributed by atoms with Gasteiger partial charge in [0, 0.05) is 36.3 Å². The summed E-state index contributed by atoms with van der Waals surface area (Å²) in [6.07, 6.45) is 2.90. The summed E-state index contributed by atoms with van der Waals surface area (Å²) < 4.78 is 32.0. The fraction of sp³-hybridized carbons (Fsp3) is 0.400. The van der Waals surface area contributed by atoms with Crippen LogP contribution in [0, 0.1) is 16.0 Å². The Hall–Kier alpha value is -2.26. The molecule has 1 aromatic carbocycles. The molecule has 2 aliphatic rings. The summed E-state index contributed by atoms with van der Waals surface area (Å²) in [5, 5.41) is 14.3. The number of aromatic nitrogens is 1. The molecule has 0 N–H and O–H groups in total. The van der Waals surface area contributed by atoms with Gasteiger partial charge in [-0.3, -0.25) is 10.1 Å². The molecule has 0 spiro atoms.